The lowest BCUT2D eigenvalue weighted by Crippen LogP contribution is -2.62. The van der Waals surface area contributed by atoms with Gasteiger partial charge in [0, 0.05) is 13.0 Å². The Hall–Kier alpha value is -0.360. The van der Waals surface area contributed by atoms with Crippen molar-refractivity contribution in [3.8, 4) is 0 Å². The van der Waals surface area contributed by atoms with Crippen LogP contribution in [-0.2, 0) is 23.7 Å². The van der Waals surface area contributed by atoms with E-state index in [1.807, 2.05) is 6.92 Å². The van der Waals surface area contributed by atoms with Crippen molar-refractivity contribution in [2.24, 2.45) is 5.92 Å². The van der Waals surface area contributed by atoms with E-state index in [9.17, 15) is 20.4 Å². The lowest BCUT2D eigenvalue weighted by atomic mass is 9.88. The molecule has 0 saturated carbocycles. The molecule has 10 unspecified atom stereocenters. The van der Waals surface area contributed by atoms with Crippen LogP contribution in [0.15, 0.2) is 0 Å². The van der Waals surface area contributed by atoms with Gasteiger partial charge in [0.05, 0.1) is 31.0 Å². The van der Waals surface area contributed by atoms with Gasteiger partial charge < -0.3 is 44.1 Å². The van der Waals surface area contributed by atoms with Crippen LogP contribution in [0.1, 0.15) is 20.8 Å². The quantitative estimate of drug-likeness (QED) is 0.420. The van der Waals surface area contributed by atoms with Crippen LogP contribution in [0.2, 0.25) is 0 Å². The number of aliphatic hydroxyl groups excluding tert-OH is 4. The van der Waals surface area contributed by atoms with E-state index < -0.39 is 55.1 Å². The maximum Gasteiger partial charge on any atom is 0.187 e. The molecule has 9 heteroatoms. The molecule has 0 amide bonds. The summed E-state index contributed by atoms with van der Waals surface area (Å²) in [7, 11) is 1.50. The summed E-state index contributed by atoms with van der Waals surface area (Å²) in [6, 6.07) is 0. The Morgan fingerprint density at radius 1 is 0.880 bits per heavy atom. The van der Waals surface area contributed by atoms with Crippen LogP contribution in [0.4, 0.5) is 0 Å². The number of ether oxygens (including phenoxy) is 5. The zero-order valence-electron chi connectivity index (χ0n) is 15.0. The van der Waals surface area contributed by atoms with Crippen LogP contribution in [0.5, 0.6) is 0 Å². The first kappa shape index (κ1) is 20.9. The molecule has 2 aliphatic rings. The third-order valence-corrected chi connectivity index (χ3v) is 4.94. The normalized spacial score (nSPS) is 48.5. The molecule has 2 fully saturated rings. The molecule has 2 heterocycles. The maximum atomic E-state index is 10.2. The smallest absolute Gasteiger partial charge is 0.187 e. The van der Waals surface area contributed by atoms with Crippen molar-refractivity contribution >= 4 is 0 Å². The molecule has 0 aromatic carbocycles. The van der Waals surface area contributed by atoms with Crippen LogP contribution in [0, 0.1) is 5.92 Å². The second-order valence-corrected chi connectivity index (χ2v) is 6.74. The van der Waals surface area contributed by atoms with Crippen molar-refractivity contribution in [3.05, 3.63) is 0 Å². The van der Waals surface area contributed by atoms with Crippen LogP contribution >= 0.6 is 0 Å². The fourth-order valence-corrected chi connectivity index (χ4v) is 3.33. The van der Waals surface area contributed by atoms with Gasteiger partial charge in [0.15, 0.2) is 6.29 Å². The first-order valence-corrected chi connectivity index (χ1v) is 8.53. The number of hydrogen-bond acceptors (Lipinski definition) is 9. The van der Waals surface area contributed by atoms with Gasteiger partial charge in [-0.25, -0.2) is 0 Å². The Bertz CT molecular complexity index is 409. The summed E-state index contributed by atoms with van der Waals surface area (Å²) in [4.78, 5) is 0. The number of aliphatic hydroxyl groups is 4. The standard InChI is InChI=1S/C16H30O9/c1-7-10(5-17)23-9(3)15(14(7)22-6-21-4)25-16-13(20)12(19)11(18)8(2)24-16/h7-20H,5-6H2,1-4H3. The minimum Gasteiger partial charge on any atom is -0.394 e. The topological polar surface area (TPSA) is 127 Å². The number of rotatable bonds is 6. The molecule has 0 spiro atoms. The van der Waals surface area contributed by atoms with E-state index in [0.29, 0.717) is 0 Å². The van der Waals surface area contributed by atoms with Crippen molar-refractivity contribution < 1.29 is 44.1 Å². The van der Waals surface area contributed by atoms with E-state index in [2.05, 4.69) is 0 Å². The average Bonchev–Trinajstić information content (AvgIpc) is 2.59. The van der Waals surface area contributed by atoms with E-state index in [0.717, 1.165) is 0 Å². The Labute approximate surface area is 147 Å². The summed E-state index contributed by atoms with van der Waals surface area (Å²) in [6.45, 7) is 5.09. The van der Waals surface area contributed by atoms with Gasteiger partial charge in [-0.15, -0.1) is 0 Å². The summed E-state index contributed by atoms with van der Waals surface area (Å²) >= 11 is 0. The summed E-state index contributed by atoms with van der Waals surface area (Å²) < 4.78 is 27.9. The van der Waals surface area contributed by atoms with Crippen LogP contribution in [-0.4, -0.2) is 96.1 Å². The van der Waals surface area contributed by atoms with Crippen molar-refractivity contribution in [1.29, 1.82) is 0 Å². The monoisotopic (exact) mass is 366 g/mol. The Balaban J connectivity index is 2.13. The summed E-state index contributed by atoms with van der Waals surface area (Å²) in [5.41, 5.74) is 0. The highest BCUT2D eigenvalue weighted by Crippen LogP contribution is 2.33. The lowest BCUT2D eigenvalue weighted by molar-refractivity contribution is -0.337. The molecule has 0 aromatic rings. The van der Waals surface area contributed by atoms with Gasteiger partial charge in [0.2, 0.25) is 0 Å². The van der Waals surface area contributed by atoms with Gasteiger partial charge in [-0.05, 0) is 13.8 Å². The Morgan fingerprint density at radius 3 is 2.16 bits per heavy atom. The van der Waals surface area contributed by atoms with E-state index in [1.54, 1.807) is 13.8 Å². The molecule has 0 bridgehead atoms. The summed E-state index contributed by atoms with van der Waals surface area (Å²) in [5.74, 6) is -0.199. The van der Waals surface area contributed by atoms with Gasteiger partial charge >= 0.3 is 0 Å². The van der Waals surface area contributed by atoms with Crippen molar-refractivity contribution in [2.75, 3.05) is 20.5 Å². The molecule has 0 aromatic heterocycles. The van der Waals surface area contributed by atoms with Crippen LogP contribution in [0.25, 0.3) is 0 Å². The minimum atomic E-state index is -1.41. The number of hydrogen-bond donors (Lipinski definition) is 4. The SMILES string of the molecule is COCOC1C(C)C(CO)OC(C)C1OC1OC(C)C(O)C(O)C1O. The van der Waals surface area contributed by atoms with Crippen molar-refractivity contribution in [2.45, 2.75) is 75.9 Å². The summed E-state index contributed by atoms with van der Waals surface area (Å²) in [5, 5.41) is 39.4. The minimum absolute atomic E-state index is 0.0333. The molecule has 4 N–H and O–H groups in total. The second kappa shape index (κ2) is 9.03. The lowest BCUT2D eigenvalue weighted by Gasteiger charge is -2.47. The van der Waals surface area contributed by atoms with Crippen LogP contribution in [0.3, 0.4) is 0 Å². The molecule has 10 atom stereocenters. The Morgan fingerprint density at radius 2 is 1.56 bits per heavy atom. The third kappa shape index (κ3) is 4.49. The summed E-state index contributed by atoms with van der Waals surface area (Å²) in [6.07, 6.45) is -7.81. The van der Waals surface area contributed by atoms with E-state index in [1.165, 1.54) is 7.11 Å². The van der Waals surface area contributed by atoms with E-state index >= 15 is 0 Å². The first-order chi connectivity index (χ1) is 11.8. The molecule has 2 aliphatic heterocycles. The molecular weight excluding hydrogens is 336 g/mol. The molecule has 2 saturated heterocycles. The predicted octanol–water partition coefficient (Wildman–Crippen LogP) is -1.40. The highest BCUT2D eigenvalue weighted by Gasteiger charge is 2.48. The molecule has 9 nitrogen and oxygen atoms in total. The van der Waals surface area contributed by atoms with Crippen molar-refractivity contribution in [1.82, 2.24) is 0 Å². The van der Waals surface area contributed by atoms with Gasteiger partial charge in [0.25, 0.3) is 0 Å². The highest BCUT2D eigenvalue weighted by atomic mass is 16.7. The highest BCUT2D eigenvalue weighted by molar-refractivity contribution is 4.93. The number of methoxy groups -OCH3 is 1. The Kier molecular flexibility index (Phi) is 7.56. The van der Waals surface area contributed by atoms with E-state index in [-0.39, 0.29) is 19.3 Å². The van der Waals surface area contributed by atoms with Gasteiger partial charge in [-0.2, -0.15) is 0 Å². The van der Waals surface area contributed by atoms with Gasteiger partial charge in [-0.3, -0.25) is 0 Å². The molecule has 0 radical (unpaired) electrons. The zero-order valence-corrected chi connectivity index (χ0v) is 15.0. The third-order valence-electron chi connectivity index (χ3n) is 4.94. The molecule has 148 valence electrons. The second-order valence-electron chi connectivity index (χ2n) is 6.74. The largest absolute Gasteiger partial charge is 0.394 e. The van der Waals surface area contributed by atoms with Crippen LogP contribution < -0.4 is 0 Å². The fourth-order valence-electron chi connectivity index (χ4n) is 3.33. The molecule has 0 aliphatic carbocycles. The molecule has 25 heavy (non-hydrogen) atoms. The average molecular weight is 366 g/mol. The fraction of sp³-hybridized carbons (Fsp3) is 1.00. The van der Waals surface area contributed by atoms with Gasteiger partial charge in [0.1, 0.15) is 31.2 Å². The zero-order chi connectivity index (χ0) is 18.7. The maximum absolute atomic E-state index is 10.2. The van der Waals surface area contributed by atoms with Crippen molar-refractivity contribution in [3.63, 3.8) is 0 Å². The predicted molar refractivity (Wildman–Crippen MR) is 84.6 cm³/mol. The van der Waals surface area contributed by atoms with Gasteiger partial charge in [-0.1, -0.05) is 6.92 Å². The molecular formula is C16H30O9. The molecule has 2 rings (SSSR count). The van der Waals surface area contributed by atoms with E-state index in [4.69, 9.17) is 23.7 Å². The first-order valence-electron chi connectivity index (χ1n) is 8.53.